The third-order valence-corrected chi connectivity index (χ3v) is 4.92. The number of ether oxygens (including phenoxy) is 2. The largest absolute Gasteiger partial charge is 0.507 e. The molecular weight excluding hydrogens is 364 g/mol. The van der Waals surface area contributed by atoms with Gasteiger partial charge in [0.05, 0.1) is 29.3 Å². The van der Waals surface area contributed by atoms with E-state index in [0.717, 1.165) is 13.1 Å². The van der Waals surface area contributed by atoms with Gasteiger partial charge in [0.2, 0.25) is 5.78 Å². The van der Waals surface area contributed by atoms with Gasteiger partial charge in [-0.25, -0.2) is 0 Å². The van der Waals surface area contributed by atoms with Crippen molar-refractivity contribution in [3.63, 3.8) is 0 Å². The molecule has 0 atom stereocenters. The van der Waals surface area contributed by atoms with E-state index < -0.39 is 4.92 Å². The Bertz CT molecular complexity index is 979. The van der Waals surface area contributed by atoms with Gasteiger partial charge in [0.15, 0.2) is 11.5 Å². The summed E-state index contributed by atoms with van der Waals surface area (Å²) in [6.45, 7) is 3.46. The van der Waals surface area contributed by atoms with Crippen molar-refractivity contribution in [2.24, 2.45) is 0 Å². The Balaban J connectivity index is 1.65. The molecule has 0 bridgehead atoms. The monoisotopic (exact) mass is 383 g/mol. The Kier molecular flexibility index (Phi) is 4.81. The van der Waals surface area contributed by atoms with Crippen molar-refractivity contribution in [3.05, 3.63) is 69.0 Å². The second-order valence-corrected chi connectivity index (χ2v) is 6.77. The predicted molar refractivity (Wildman–Crippen MR) is 99.4 cm³/mol. The molecule has 0 aromatic heterocycles. The standard InChI is InChI=1S/C20H18N2O6/c23-17-5-4-15-19(24)18(11-13-2-1-3-14(10-13)22(25)26)28-20(15)16(17)12-21-6-8-27-9-7-21/h1-5,10-11,23H,6-9,12H2/p+1/b18-11-. The van der Waals surface area contributed by atoms with E-state index in [9.17, 15) is 20.0 Å². The molecule has 0 amide bonds. The van der Waals surface area contributed by atoms with Gasteiger partial charge in [-0.15, -0.1) is 0 Å². The lowest BCUT2D eigenvalue weighted by Gasteiger charge is -2.24. The number of nitro groups is 1. The van der Waals surface area contributed by atoms with Crippen LogP contribution in [0.15, 0.2) is 42.2 Å². The van der Waals surface area contributed by atoms with Crippen LogP contribution in [0.2, 0.25) is 0 Å². The number of aromatic hydroxyl groups is 1. The highest BCUT2D eigenvalue weighted by Gasteiger charge is 2.32. The van der Waals surface area contributed by atoms with Gasteiger partial charge in [-0.2, -0.15) is 0 Å². The molecule has 2 heterocycles. The van der Waals surface area contributed by atoms with E-state index in [1.165, 1.54) is 29.2 Å². The van der Waals surface area contributed by atoms with Crippen molar-refractivity contribution in [1.82, 2.24) is 0 Å². The molecule has 0 aliphatic carbocycles. The van der Waals surface area contributed by atoms with Gasteiger partial charge < -0.3 is 19.5 Å². The number of non-ortho nitro benzene ring substituents is 1. The van der Waals surface area contributed by atoms with Gasteiger partial charge in [-0.3, -0.25) is 14.9 Å². The summed E-state index contributed by atoms with van der Waals surface area (Å²) in [7, 11) is 0. The number of phenolic OH excluding ortho intramolecular Hbond substituents is 1. The molecule has 0 saturated carbocycles. The zero-order chi connectivity index (χ0) is 19.7. The highest BCUT2D eigenvalue weighted by Crippen LogP contribution is 2.39. The number of carbonyl (C=O) groups excluding carboxylic acids is 1. The number of quaternary nitrogens is 1. The third-order valence-electron chi connectivity index (χ3n) is 4.92. The molecule has 2 aromatic carbocycles. The summed E-state index contributed by atoms with van der Waals surface area (Å²) in [5, 5.41) is 21.3. The van der Waals surface area contributed by atoms with Crippen molar-refractivity contribution in [2.75, 3.05) is 26.3 Å². The molecule has 2 N–H and O–H groups in total. The zero-order valence-electron chi connectivity index (χ0n) is 15.0. The van der Waals surface area contributed by atoms with Crippen LogP contribution in [-0.2, 0) is 11.3 Å². The van der Waals surface area contributed by atoms with Crippen molar-refractivity contribution in [2.45, 2.75) is 6.54 Å². The van der Waals surface area contributed by atoms with Gasteiger partial charge in [0.25, 0.3) is 5.69 Å². The first kappa shape index (κ1) is 18.1. The average molecular weight is 383 g/mol. The predicted octanol–water partition coefficient (Wildman–Crippen LogP) is 1.33. The summed E-state index contributed by atoms with van der Waals surface area (Å²) in [6.07, 6.45) is 1.48. The molecule has 2 aromatic rings. The highest BCUT2D eigenvalue weighted by molar-refractivity contribution is 6.15. The van der Waals surface area contributed by atoms with Crippen molar-refractivity contribution in [3.8, 4) is 11.5 Å². The van der Waals surface area contributed by atoms with Crippen LogP contribution in [0.5, 0.6) is 11.5 Å². The lowest BCUT2D eigenvalue weighted by Crippen LogP contribution is -3.12. The zero-order valence-corrected chi connectivity index (χ0v) is 15.0. The Morgan fingerprint density at radius 1 is 1.21 bits per heavy atom. The topological polar surface area (TPSA) is 103 Å². The highest BCUT2D eigenvalue weighted by atomic mass is 16.6. The third kappa shape index (κ3) is 3.47. The van der Waals surface area contributed by atoms with Crippen molar-refractivity contribution < 1.29 is 29.2 Å². The minimum atomic E-state index is -0.491. The second kappa shape index (κ2) is 7.41. The molecule has 8 nitrogen and oxygen atoms in total. The average Bonchev–Trinajstić information content (AvgIpc) is 3.01. The quantitative estimate of drug-likeness (QED) is 0.469. The van der Waals surface area contributed by atoms with Gasteiger partial charge in [0, 0.05) is 12.1 Å². The molecule has 0 spiro atoms. The van der Waals surface area contributed by atoms with Gasteiger partial charge in [-0.05, 0) is 23.8 Å². The van der Waals surface area contributed by atoms with Crippen LogP contribution >= 0.6 is 0 Å². The molecule has 144 valence electrons. The fraction of sp³-hybridized carbons (Fsp3) is 0.250. The van der Waals surface area contributed by atoms with E-state index in [1.54, 1.807) is 18.2 Å². The van der Waals surface area contributed by atoms with E-state index >= 15 is 0 Å². The number of Topliss-reactive ketones (excluding diaryl/α,β-unsaturated/α-hetero) is 1. The number of benzene rings is 2. The van der Waals surface area contributed by atoms with Crippen LogP contribution in [0.1, 0.15) is 21.5 Å². The molecule has 0 radical (unpaired) electrons. The van der Waals surface area contributed by atoms with E-state index in [1.807, 2.05) is 0 Å². The smallest absolute Gasteiger partial charge is 0.270 e. The van der Waals surface area contributed by atoms with Crippen LogP contribution in [0.4, 0.5) is 5.69 Å². The Hall–Kier alpha value is -3.23. The maximum Gasteiger partial charge on any atom is 0.270 e. The fourth-order valence-corrected chi connectivity index (χ4v) is 3.43. The lowest BCUT2D eigenvalue weighted by atomic mass is 10.0. The van der Waals surface area contributed by atoms with Gasteiger partial charge in [-0.1, -0.05) is 12.1 Å². The number of rotatable bonds is 4. The van der Waals surface area contributed by atoms with E-state index in [4.69, 9.17) is 9.47 Å². The molecule has 8 heteroatoms. The molecule has 1 saturated heterocycles. The Morgan fingerprint density at radius 3 is 2.75 bits per heavy atom. The van der Waals surface area contributed by atoms with E-state index in [0.29, 0.717) is 42.2 Å². The molecule has 0 unspecified atom stereocenters. The number of allylic oxidation sites excluding steroid dienone is 1. The van der Waals surface area contributed by atoms with E-state index in [-0.39, 0.29) is 23.0 Å². The number of nitrogens with zero attached hydrogens (tertiary/aromatic N) is 1. The number of fused-ring (bicyclic) bond motifs is 1. The maximum atomic E-state index is 12.7. The van der Waals surface area contributed by atoms with Gasteiger partial charge >= 0.3 is 0 Å². The summed E-state index contributed by atoms with van der Waals surface area (Å²) in [6, 6.07) is 9.02. The summed E-state index contributed by atoms with van der Waals surface area (Å²) in [5.41, 5.74) is 1.41. The number of carbonyl (C=O) groups is 1. The Morgan fingerprint density at radius 2 is 2.00 bits per heavy atom. The van der Waals surface area contributed by atoms with Gasteiger partial charge in [0.1, 0.15) is 25.4 Å². The van der Waals surface area contributed by atoms with Crippen LogP contribution in [-0.4, -0.2) is 42.1 Å². The Labute approximate surface area is 160 Å². The fourth-order valence-electron chi connectivity index (χ4n) is 3.43. The first-order valence-corrected chi connectivity index (χ1v) is 8.98. The number of ketones is 1. The van der Waals surface area contributed by atoms with Crippen LogP contribution in [0.3, 0.4) is 0 Å². The summed E-state index contributed by atoms with van der Waals surface area (Å²) in [5.74, 6) is 0.224. The molecular formula is C20H19N2O6+. The molecule has 2 aliphatic heterocycles. The van der Waals surface area contributed by atoms with Crippen molar-refractivity contribution in [1.29, 1.82) is 0 Å². The normalized spacial score (nSPS) is 18.1. The number of hydrogen-bond acceptors (Lipinski definition) is 6. The minimum Gasteiger partial charge on any atom is -0.507 e. The SMILES string of the molecule is O=C1/C(=C/c2cccc([N+](=O)[O-])c2)Oc2c1ccc(O)c2C[NH+]1CCOCC1. The molecule has 2 aliphatic rings. The number of nitro benzene ring substituents is 1. The van der Waals surface area contributed by atoms with Crippen LogP contribution < -0.4 is 9.64 Å². The molecule has 4 rings (SSSR count). The second-order valence-electron chi connectivity index (χ2n) is 6.77. The lowest BCUT2D eigenvalue weighted by molar-refractivity contribution is -0.921. The van der Waals surface area contributed by atoms with Crippen LogP contribution in [0.25, 0.3) is 6.08 Å². The molecule has 1 fully saturated rings. The maximum absolute atomic E-state index is 12.7. The van der Waals surface area contributed by atoms with E-state index in [2.05, 4.69) is 0 Å². The first-order chi connectivity index (χ1) is 13.5. The van der Waals surface area contributed by atoms with Crippen LogP contribution in [0, 0.1) is 10.1 Å². The number of nitrogens with one attached hydrogen (secondary N) is 1. The number of phenols is 1. The summed E-state index contributed by atoms with van der Waals surface area (Å²) >= 11 is 0. The first-order valence-electron chi connectivity index (χ1n) is 8.98. The molecule has 28 heavy (non-hydrogen) atoms. The number of hydrogen-bond donors (Lipinski definition) is 2. The van der Waals surface area contributed by atoms with Crippen molar-refractivity contribution >= 4 is 17.5 Å². The summed E-state index contributed by atoms with van der Waals surface area (Å²) in [4.78, 5) is 24.4. The minimum absolute atomic E-state index is 0.0634. The number of morpholine rings is 1. The summed E-state index contributed by atoms with van der Waals surface area (Å²) < 4.78 is 11.2.